The second-order valence-electron chi connectivity index (χ2n) is 4.79. The molecule has 0 radical (unpaired) electrons. The number of nitrogens with one attached hydrogen (secondary N) is 1. The van der Waals surface area contributed by atoms with Crippen molar-refractivity contribution in [3.63, 3.8) is 0 Å². The van der Waals surface area contributed by atoms with Gasteiger partial charge in [0.1, 0.15) is 17.0 Å². The van der Waals surface area contributed by atoms with Gasteiger partial charge in [-0.25, -0.2) is 14.4 Å². The van der Waals surface area contributed by atoms with E-state index in [0.717, 1.165) is 5.52 Å². The fourth-order valence-electron chi connectivity index (χ4n) is 2.25. The molecule has 0 fully saturated rings. The summed E-state index contributed by atoms with van der Waals surface area (Å²) >= 11 is 0. The molecule has 1 aromatic carbocycles. The molecule has 0 bridgehead atoms. The third-order valence-electron chi connectivity index (χ3n) is 3.38. The van der Waals surface area contributed by atoms with Crippen molar-refractivity contribution in [2.75, 3.05) is 6.54 Å². The highest BCUT2D eigenvalue weighted by molar-refractivity contribution is 5.91. The summed E-state index contributed by atoms with van der Waals surface area (Å²) in [5, 5.41) is 2.75. The standard InChI is InChI=1S/C15H14FN5O/c1-21-12-4-2-3-10(16)14(12)20-13(21)5-6-19-15(22)11-9-17-7-8-18-11/h2-4,7-9H,5-6H2,1H3,(H,19,22). The van der Waals surface area contributed by atoms with Crippen LogP contribution in [0.15, 0.2) is 36.8 Å². The van der Waals surface area contributed by atoms with Gasteiger partial charge in [-0.3, -0.25) is 9.78 Å². The molecular weight excluding hydrogens is 285 g/mol. The van der Waals surface area contributed by atoms with Crippen molar-refractivity contribution >= 4 is 16.9 Å². The first-order chi connectivity index (χ1) is 10.7. The van der Waals surface area contributed by atoms with Gasteiger partial charge in [-0.15, -0.1) is 0 Å². The van der Waals surface area contributed by atoms with Crippen molar-refractivity contribution in [1.82, 2.24) is 24.8 Å². The summed E-state index contributed by atoms with van der Waals surface area (Å²) < 4.78 is 15.5. The van der Waals surface area contributed by atoms with Crippen LogP contribution in [0.1, 0.15) is 16.3 Å². The Morgan fingerprint density at radius 2 is 2.23 bits per heavy atom. The van der Waals surface area contributed by atoms with Crippen LogP contribution in [-0.4, -0.2) is 32.0 Å². The molecule has 0 saturated heterocycles. The quantitative estimate of drug-likeness (QED) is 0.792. The van der Waals surface area contributed by atoms with E-state index in [4.69, 9.17) is 0 Å². The summed E-state index contributed by atoms with van der Waals surface area (Å²) in [6, 6.07) is 4.85. The highest BCUT2D eigenvalue weighted by Gasteiger charge is 2.12. The maximum atomic E-state index is 13.7. The second kappa shape index (κ2) is 5.88. The maximum Gasteiger partial charge on any atom is 0.271 e. The minimum absolute atomic E-state index is 0.263. The molecule has 2 heterocycles. The summed E-state index contributed by atoms with van der Waals surface area (Å²) in [5.74, 6) is 0.0699. The number of amides is 1. The van der Waals surface area contributed by atoms with E-state index in [1.54, 1.807) is 6.07 Å². The number of aromatic nitrogens is 4. The van der Waals surface area contributed by atoms with Crippen molar-refractivity contribution < 1.29 is 9.18 Å². The minimum atomic E-state index is -0.344. The van der Waals surface area contributed by atoms with Gasteiger partial charge in [-0.1, -0.05) is 6.07 Å². The second-order valence-corrected chi connectivity index (χ2v) is 4.79. The third-order valence-corrected chi connectivity index (χ3v) is 3.38. The number of para-hydroxylation sites is 1. The fraction of sp³-hybridized carbons (Fsp3) is 0.200. The summed E-state index contributed by atoms with van der Waals surface area (Å²) in [5.41, 5.74) is 1.34. The molecule has 6 nitrogen and oxygen atoms in total. The minimum Gasteiger partial charge on any atom is -0.350 e. The highest BCUT2D eigenvalue weighted by Crippen LogP contribution is 2.17. The average molecular weight is 299 g/mol. The number of halogens is 1. The van der Waals surface area contributed by atoms with Crippen LogP contribution in [-0.2, 0) is 13.5 Å². The molecule has 7 heteroatoms. The molecular formula is C15H14FN5O. The van der Waals surface area contributed by atoms with E-state index >= 15 is 0 Å². The van der Waals surface area contributed by atoms with Crippen LogP contribution in [0.2, 0.25) is 0 Å². The molecule has 0 saturated carbocycles. The first kappa shape index (κ1) is 14.1. The number of aryl methyl sites for hydroxylation is 1. The van der Waals surface area contributed by atoms with Crippen LogP contribution < -0.4 is 5.32 Å². The smallest absolute Gasteiger partial charge is 0.271 e. The molecule has 3 aromatic rings. The van der Waals surface area contributed by atoms with E-state index in [9.17, 15) is 9.18 Å². The van der Waals surface area contributed by atoms with Gasteiger partial charge in [0, 0.05) is 32.4 Å². The molecule has 0 aliphatic rings. The molecule has 0 aliphatic carbocycles. The highest BCUT2D eigenvalue weighted by atomic mass is 19.1. The lowest BCUT2D eigenvalue weighted by Gasteiger charge is -2.04. The Bertz CT molecular complexity index is 815. The Morgan fingerprint density at radius 3 is 2.95 bits per heavy atom. The molecule has 1 amide bonds. The predicted octanol–water partition coefficient (Wildman–Crippen LogP) is 1.47. The summed E-state index contributed by atoms with van der Waals surface area (Å²) in [4.78, 5) is 23.9. The van der Waals surface area contributed by atoms with E-state index < -0.39 is 0 Å². The molecule has 0 unspecified atom stereocenters. The molecule has 1 N–H and O–H groups in total. The van der Waals surface area contributed by atoms with Crippen molar-refractivity contribution in [3.8, 4) is 0 Å². The lowest BCUT2D eigenvalue weighted by molar-refractivity contribution is 0.0948. The van der Waals surface area contributed by atoms with E-state index in [0.29, 0.717) is 24.3 Å². The number of nitrogens with zero attached hydrogens (tertiary/aromatic N) is 4. The summed E-state index contributed by atoms with van der Waals surface area (Å²) in [6.45, 7) is 0.383. The lowest BCUT2D eigenvalue weighted by Crippen LogP contribution is -2.27. The van der Waals surface area contributed by atoms with E-state index in [1.165, 1.54) is 24.7 Å². The first-order valence-corrected chi connectivity index (χ1v) is 6.81. The number of carbonyl (C=O) groups is 1. The van der Waals surface area contributed by atoms with Crippen LogP contribution in [0.4, 0.5) is 4.39 Å². The zero-order valence-electron chi connectivity index (χ0n) is 12.0. The van der Waals surface area contributed by atoms with Gasteiger partial charge in [-0.2, -0.15) is 0 Å². The Hall–Kier alpha value is -2.83. The Kier molecular flexibility index (Phi) is 3.78. The Labute approximate surface area is 126 Å². The number of imidazole rings is 1. The zero-order chi connectivity index (χ0) is 15.5. The number of rotatable bonds is 4. The van der Waals surface area contributed by atoms with Gasteiger partial charge in [-0.05, 0) is 12.1 Å². The number of benzene rings is 1. The van der Waals surface area contributed by atoms with Gasteiger partial charge in [0.05, 0.1) is 11.7 Å². The van der Waals surface area contributed by atoms with Gasteiger partial charge in [0.15, 0.2) is 5.82 Å². The molecule has 112 valence electrons. The van der Waals surface area contributed by atoms with Gasteiger partial charge in [0.25, 0.3) is 5.91 Å². The normalized spacial score (nSPS) is 10.8. The number of hydrogen-bond acceptors (Lipinski definition) is 4. The molecule has 2 aromatic heterocycles. The molecule has 0 atom stereocenters. The SMILES string of the molecule is Cn1c(CCNC(=O)c2cnccn2)nc2c(F)cccc21. The monoisotopic (exact) mass is 299 g/mol. The Balaban J connectivity index is 1.68. The predicted molar refractivity (Wildman–Crippen MR) is 78.7 cm³/mol. The average Bonchev–Trinajstić information content (AvgIpc) is 2.86. The van der Waals surface area contributed by atoms with Crippen LogP contribution in [0, 0.1) is 5.82 Å². The Morgan fingerprint density at radius 1 is 1.36 bits per heavy atom. The van der Waals surface area contributed by atoms with Gasteiger partial charge < -0.3 is 9.88 Å². The van der Waals surface area contributed by atoms with Crippen molar-refractivity contribution in [1.29, 1.82) is 0 Å². The lowest BCUT2D eigenvalue weighted by atomic mass is 10.3. The van der Waals surface area contributed by atoms with E-state index in [1.807, 2.05) is 17.7 Å². The largest absolute Gasteiger partial charge is 0.350 e. The molecule has 0 spiro atoms. The fourth-order valence-corrected chi connectivity index (χ4v) is 2.25. The molecule has 22 heavy (non-hydrogen) atoms. The van der Waals surface area contributed by atoms with E-state index in [2.05, 4.69) is 20.3 Å². The summed E-state index contributed by atoms with van der Waals surface area (Å²) in [6.07, 6.45) is 4.87. The first-order valence-electron chi connectivity index (χ1n) is 6.81. The van der Waals surface area contributed by atoms with E-state index in [-0.39, 0.29) is 17.4 Å². The zero-order valence-corrected chi connectivity index (χ0v) is 12.0. The van der Waals surface area contributed by atoms with Crippen molar-refractivity contribution in [2.45, 2.75) is 6.42 Å². The van der Waals surface area contributed by atoms with Crippen LogP contribution in [0.3, 0.4) is 0 Å². The maximum absolute atomic E-state index is 13.7. The van der Waals surface area contributed by atoms with Crippen LogP contribution in [0.5, 0.6) is 0 Å². The van der Waals surface area contributed by atoms with Gasteiger partial charge >= 0.3 is 0 Å². The van der Waals surface area contributed by atoms with Gasteiger partial charge in [0.2, 0.25) is 0 Å². The third kappa shape index (κ3) is 2.65. The topological polar surface area (TPSA) is 72.7 Å². The molecule has 3 rings (SSSR count). The van der Waals surface area contributed by atoms with Crippen molar-refractivity contribution in [3.05, 3.63) is 54.1 Å². The van der Waals surface area contributed by atoms with Crippen LogP contribution >= 0.6 is 0 Å². The number of hydrogen-bond donors (Lipinski definition) is 1. The summed E-state index contributed by atoms with van der Waals surface area (Å²) in [7, 11) is 1.83. The van der Waals surface area contributed by atoms with Crippen molar-refractivity contribution in [2.24, 2.45) is 7.05 Å². The number of carbonyl (C=O) groups excluding carboxylic acids is 1. The molecule has 0 aliphatic heterocycles. The van der Waals surface area contributed by atoms with Crippen LogP contribution in [0.25, 0.3) is 11.0 Å². The number of fused-ring (bicyclic) bond motifs is 1.